The van der Waals surface area contributed by atoms with E-state index < -0.39 is 69.7 Å². The zero-order valence-corrected chi connectivity index (χ0v) is 25.7. The number of alkyl halides is 12. The summed E-state index contributed by atoms with van der Waals surface area (Å²) in [5, 5.41) is 0.417. The average molecular weight is 745 g/mol. The maximum Gasteiger partial charge on any atom is 0.416 e. The Morgan fingerprint density at radius 3 is 1.00 bits per heavy atom. The molecule has 0 spiro atoms. The van der Waals surface area contributed by atoms with Gasteiger partial charge in [-0.15, -0.1) is 22.7 Å². The van der Waals surface area contributed by atoms with Crippen molar-refractivity contribution in [2.45, 2.75) is 24.7 Å². The van der Waals surface area contributed by atoms with Crippen LogP contribution in [0.25, 0.3) is 42.4 Å². The zero-order valence-electron chi connectivity index (χ0n) is 24.1. The van der Waals surface area contributed by atoms with Crippen LogP contribution in [0.4, 0.5) is 52.7 Å². The summed E-state index contributed by atoms with van der Waals surface area (Å²) in [7, 11) is 0. The number of fused-ring (bicyclic) bond motifs is 6. The van der Waals surface area contributed by atoms with Crippen LogP contribution in [0.3, 0.4) is 0 Å². The van der Waals surface area contributed by atoms with Gasteiger partial charge in [-0.3, -0.25) is 9.59 Å². The third kappa shape index (κ3) is 5.63. The number of carbonyl (C=O) groups excluding carboxylic acids is 2. The van der Waals surface area contributed by atoms with E-state index in [1.54, 1.807) is 0 Å². The van der Waals surface area contributed by atoms with Crippen LogP contribution in [0.15, 0.2) is 72.8 Å². The molecule has 0 radical (unpaired) electrons. The molecule has 0 saturated heterocycles. The topological polar surface area (TPSA) is 34.1 Å². The van der Waals surface area contributed by atoms with E-state index in [9.17, 15) is 62.3 Å². The molecule has 2 nitrogen and oxygen atoms in total. The molecule has 256 valence electrons. The number of carbonyl (C=O) groups is 2. The number of hydrogen-bond donors (Lipinski definition) is 0. The second kappa shape index (κ2) is 10.9. The monoisotopic (exact) mass is 744 g/mol. The van der Waals surface area contributed by atoms with Crippen LogP contribution in [0.5, 0.6) is 0 Å². The highest BCUT2D eigenvalue weighted by molar-refractivity contribution is 7.25. The van der Waals surface area contributed by atoms with Gasteiger partial charge in [0.15, 0.2) is 5.78 Å². The Kier molecular flexibility index (Phi) is 7.36. The van der Waals surface area contributed by atoms with Gasteiger partial charge in [-0.25, -0.2) is 0 Å². The van der Waals surface area contributed by atoms with E-state index in [1.165, 1.54) is 36.4 Å². The first-order valence-corrected chi connectivity index (χ1v) is 15.6. The fourth-order valence-electron chi connectivity index (χ4n) is 5.79. The Balaban J connectivity index is 1.31. The van der Waals surface area contributed by atoms with Crippen LogP contribution >= 0.6 is 22.7 Å². The first-order chi connectivity index (χ1) is 23.1. The lowest BCUT2D eigenvalue weighted by Gasteiger charge is -2.14. The Morgan fingerprint density at radius 2 is 0.700 bits per heavy atom. The van der Waals surface area contributed by atoms with Crippen molar-refractivity contribution >= 4 is 54.4 Å². The number of hydrogen-bond acceptors (Lipinski definition) is 4. The molecule has 50 heavy (non-hydrogen) atoms. The van der Waals surface area contributed by atoms with Crippen molar-refractivity contribution in [1.82, 2.24) is 0 Å². The minimum absolute atomic E-state index is 0.00568. The van der Waals surface area contributed by atoms with Crippen molar-refractivity contribution in [3.05, 3.63) is 116 Å². The SMILES string of the molecule is O=C1c2sc3cc(-c4cc(C(F)(F)F)cc(C(F)(F)F)c4)ccc3c2C(=O)c2c1sc1cc(-c3cc(C(F)(F)F)cc(C(F)(F)F)c3)ccc21. The highest BCUT2D eigenvalue weighted by Gasteiger charge is 2.40. The molecule has 0 unspecified atom stereocenters. The molecule has 16 heteroatoms. The Hall–Kier alpha value is -4.70. The van der Waals surface area contributed by atoms with E-state index in [4.69, 9.17) is 0 Å². The van der Waals surface area contributed by atoms with Gasteiger partial charge in [0.05, 0.1) is 43.1 Å². The van der Waals surface area contributed by atoms with E-state index in [-0.39, 0.29) is 64.3 Å². The summed E-state index contributed by atoms with van der Waals surface area (Å²) in [5.41, 5.74) is -7.07. The molecule has 0 aliphatic heterocycles. The molecule has 0 fully saturated rings. The second-order valence-corrected chi connectivity index (χ2v) is 13.4. The van der Waals surface area contributed by atoms with Crippen molar-refractivity contribution in [2.24, 2.45) is 0 Å². The summed E-state index contributed by atoms with van der Waals surface area (Å²) in [6.07, 6.45) is -20.3. The second-order valence-electron chi connectivity index (χ2n) is 11.3. The summed E-state index contributed by atoms with van der Waals surface area (Å²) < 4.78 is 162. The summed E-state index contributed by atoms with van der Waals surface area (Å²) in [6, 6.07) is 9.83. The van der Waals surface area contributed by atoms with Gasteiger partial charge in [-0.2, -0.15) is 52.7 Å². The van der Waals surface area contributed by atoms with Crippen LogP contribution in [-0.4, -0.2) is 11.6 Å². The van der Waals surface area contributed by atoms with E-state index in [2.05, 4.69) is 0 Å². The third-order valence-corrected chi connectivity index (χ3v) is 10.4. The third-order valence-electron chi connectivity index (χ3n) is 8.09. The standard InChI is InChI=1S/C34H12F12O2S2/c35-31(36,37)17-5-15(6-18(11-17)32(38,39)40)13-1-3-21-23(9-13)49-29-25(21)27(47)26-22-4-2-14(10-24(22)50-30(26)28(29)48)16-7-19(33(41,42)43)12-20(8-16)34(44,45)46/h1-12H. The number of rotatable bonds is 2. The van der Waals surface area contributed by atoms with Crippen LogP contribution < -0.4 is 0 Å². The van der Waals surface area contributed by atoms with Gasteiger partial charge in [0, 0.05) is 20.2 Å². The molecule has 0 N–H and O–H groups in total. The van der Waals surface area contributed by atoms with Crippen molar-refractivity contribution < 1.29 is 62.3 Å². The van der Waals surface area contributed by atoms with Crippen molar-refractivity contribution in [2.75, 3.05) is 0 Å². The molecule has 0 saturated carbocycles. The largest absolute Gasteiger partial charge is 0.416 e. The molecule has 0 bridgehead atoms. The normalized spacial score (nSPS) is 14.1. The molecule has 2 heterocycles. The summed E-state index contributed by atoms with van der Waals surface area (Å²) in [4.78, 5) is 27.5. The predicted molar refractivity (Wildman–Crippen MR) is 161 cm³/mol. The van der Waals surface area contributed by atoms with Crippen molar-refractivity contribution in [3.63, 3.8) is 0 Å². The first-order valence-electron chi connectivity index (χ1n) is 13.9. The fraction of sp³-hybridized carbons (Fsp3) is 0.118. The average Bonchev–Trinajstić information content (AvgIpc) is 3.60. The summed E-state index contributed by atoms with van der Waals surface area (Å²) >= 11 is 1.60. The Morgan fingerprint density at radius 1 is 0.380 bits per heavy atom. The van der Waals surface area contributed by atoms with Crippen molar-refractivity contribution in [1.29, 1.82) is 0 Å². The Labute approximate surface area is 279 Å². The lowest BCUT2D eigenvalue weighted by molar-refractivity contribution is -0.144. The highest BCUT2D eigenvalue weighted by atomic mass is 32.1. The van der Waals surface area contributed by atoms with Gasteiger partial charge in [0.1, 0.15) is 0 Å². The number of thiophene rings is 2. The molecule has 4 aromatic carbocycles. The van der Waals surface area contributed by atoms with E-state index in [0.717, 1.165) is 22.7 Å². The fourth-order valence-corrected chi connectivity index (χ4v) is 8.23. The van der Waals surface area contributed by atoms with Gasteiger partial charge in [-0.05, 0) is 70.8 Å². The minimum atomic E-state index is -5.08. The van der Waals surface area contributed by atoms with Crippen LogP contribution in [0, 0.1) is 0 Å². The minimum Gasteiger partial charge on any atom is -0.288 e. The van der Waals surface area contributed by atoms with Gasteiger partial charge >= 0.3 is 24.7 Å². The van der Waals surface area contributed by atoms with E-state index >= 15 is 0 Å². The highest BCUT2D eigenvalue weighted by Crippen LogP contribution is 2.47. The summed E-state index contributed by atoms with van der Waals surface area (Å²) in [6.45, 7) is 0. The van der Waals surface area contributed by atoms with Gasteiger partial charge < -0.3 is 0 Å². The lowest BCUT2D eigenvalue weighted by atomic mass is 9.89. The number of ketones is 2. The van der Waals surface area contributed by atoms with Crippen LogP contribution in [0.2, 0.25) is 0 Å². The molecule has 0 atom stereocenters. The maximum absolute atomic E-state index is 13.9. The first kappa shape index (κ1) is 33.8. The molecule has 6 aromatic rings. The van der Waals surface area contributed by atoms with Crippen LogP contribution in [-0.2, 0) is 24.7 Å². The molecule has 0 amide bonds. The quantitative estimate of drug-likeness (QED) is 0.165. The number of halogens is 12. The molecule has 1 aliphatic carbocycles. The molecular weight excluding hydrogens is 732 g/mol. The Bertz CT molecular complexity index is 2190. The van der Waals surface area contributed by atoms with Crippen LogP contribution in [0.1, 0.15) is 52.7 Å². The van der Waals surface area contributed by atoms with E-state index in [1.807, 2.05) is 0 Å². The molecule has 7 rings (SSSR count). The smallest absolute Gasteiger partial charge is 0.288 e. The molecule has 1 aliphatic rings. The zero-order chi connectivity index (χ0) is 36.3. The molecule has 2 aromatic heterocycles. The van der Waals surface area contributed by atoms with Gasteiger partial charge in [0.25, 0.3) is 0 Å². The summed E-state index contributed by atoms with van der Waals surface area (Å²) in [5.74, 6) is -1.26. The van der Waals surface area contributed by atoms with Gasteiger partial charge in [-0.1, -0.05) is 24.3 Å². The lowest BCUT2D eigenvalue weighted by Crippen LogP contribution is -2.16. The van der Waals surface area contributed by atoms with E-state index in [0.29, 0.717) is 24.3 Å². The number of benzene rings is 4. The maximum atomic E-state index is 13.9. The molecular formula is C34H12F12O2S2. The van der Waals surface area contributed by atoms with Gasteiger partial charge in [0.2, 0.25) is 5.78 Å². The van der Waals surface area contributed by atoms with Crippen molar-refractivity contribution in [3.8, 4) is 22.3 Å². The predicted octanol–water partition coefficient (Wildman–Crippen LogP) is 12.3.